The smallest absolute Gasteiger partial charge is 0.339 e. The monoisotopic (exact) mass is 210 g/mol. The molecule has 5 heteroatoms. The summed E-state index contributed by atoms with van der Waals surface area (Å²) in [4.78, 5) is 24.0. The van der Waals surface area contributed by atoms with E-state index < -0.39 is 0 Å². The Morgan fingerprint density at radius 2 is 2.13 bits per heavy atom. The van der Waals surface area contributed by atoms with Crippen LogP contribution >= 0.6 is 0 Å². The molecule has 0 atom stereocenters. The lowest BCUT2D eigenvalue weighted by Gasteiger charge is -1.98. The van der Waals surface area contributed by atoms with Crippen molar-refractivity contribution in [3.05, 3.63) is 30.1 Å². The van der Waals surface area contributed by atoms with Gasteiger partial charge < -0.3 is 10.5 Å². The number of nitrogens with zero attached hydrogens (tertiary/aromatic N) is 1. The number of aromatic nitrogens is 1. The van der Waals surface area contributed by atoms with Crippen LogP contribution in [0.15, 0.2) is 24.5 Å². The van der Waals surface area contributed by atoms with Gasteiger partial charge in [-0.25, -0.2) is 4.79 Å². The van der Waals surface area contributed by atoms with Crippen LogP contribution in [0.3, 0.4) is 0 Å². The number of rotatable bonds is 2. The van der Waals surface area contributed by atoms with Gasteiger partial charge in [-0.2, -0.15) is 0 Å². The average molecular weight is 210 g/mol. The second-order valence-corrected chi connectivity index (χ2v) is 2.57. The van der Waals surface area contributed by atoms with E-state index in [1.807, 2.05) is 0 Å². The molecule has 82 valence electrons. The lowest BCUT2D eigenvalue weighted by atomic mass is 10.3. The number of hydrogen-bond donors (Lipinski definition) is 1. The molecule has 2 N–H and O–H groups in total. The molecule has 0 aliphatic carbocycles. The predicted octanol–water partition coefficient (Wildman–Crippen LogP) is 0.750. The second kappa shape index (κ2) is 7.49. The quantitative estimate of drug-likeness (QED) is 0.730. The summed E-state index contributed by atoms with van der Waals surface area (Å²) in [5, 5.41) is 0. The van der Waals surface area contributed by atoms with Crippen molar-refractivity contribution in [2.75, 3.05) is 6.61 Å². The number of primary amides is 1. The van der Waals surface area contributed by atoms with Gasteiger partial charge in [-0.15, -0.1) is 0 Å². The SMILES string of the molecule is CC(N)=O.CCOC(=O)c1cccnc1. The van der Waals surface area contributed by atoms with Crippen LogP contribution in [-0.2, 0) is 9.53 Å². The van der Waals surface area contributed by atoms with Crippen molar-refractivity contribution in [2.45, 2.75) is 13.8 Å². The minimum atomic E-state index is -0.333. The molecule has 1 aromatic rings. The number of pyridine rings is 1. The fourth-order valence-corrected chi connectivity index (χ4v) is 0.698. The highest BCUT2D eigenvalue weighted by atomic mass is 16.5. The Bertz CT molecular complexity index is 308. The first-order valence-corrected chi connectivity index (χ1v) is 4.41. The molecular formula is C10H14N2O3. The van der Waals surface area contributed by atoms with E-state index in [0.717, 1.165) is 0 Å². The van der Waals surface area contributed by atoms with E-state index in [4.69, 9.17) is 4.74 Å². The second-order valence-electron chi connectivity index (χ2n) is 2.57. The first-order valence-electron chi connectivity index (χ1n) is 4.41. The molecule has 1 rings (SSSR count). The van der Waals surface area contributed by atoms with Crippen LogP contribution in [0.2, 0.25) is 0 Å². The van der Waals surface area contributed by atoms with Crippen molar-refractivity contribution in [3.63, 3.8) is 0 Å². The van der Waals surface area contributed by atoms with Crippen LogP contribution in [0, 0.1) is 0 Å². The number of hydrogen-bond acceptors (Lipinski definition) is 4. The molecule has 1 amide bonds. The molecular weight excluding hydrogens is 196 g/mol. The van der Waals surface area contributed by atoms with Gasteiger partial charge in [0.1, 0.15) is 0 Å². The van der Waals surface area contributed by atoms with Crippen molar-refractivity contribution in [3.8, 4) is 0 Å². The molecule has 5 nitrogen and oxygen atoms in total. The van der Waals surface area contributed by atoms with E-state index in [-0.39, 0.29) is 11.9 Å². The molecule has 0 unspecified atom stereocenters. The van der Waals surface area contributed by atoms with Crippen molar-refractivity contribution in [2.24, 2.45) is 5.73 Å². The van der Waals surface area contributed by atoms with Crippen LogP contribution in [0.5, 0.6) is 0 Å². The predicted molar refractivity (Wildman–Crippen MR) is 55.1 cm³/mol. The number of esters is 1. The van der Waals surface area contributed by atoms with E-state index in [1.54, 1.807) is 25.3 Å². The van der Waals surface area contributed by atoms with E-state index in [1.165, 1.54) is 13.1 Å². The van der Waals surface area contributed by atoms with Gasteiger partial charge in [0.2, 0.25) is 5.91 Å². The molecule has 0 radical (unpaired) electrons. The van der Waals surface area contributed by atoms with E-state index >= 15 is 0 Å². The lowest BCUT2D eigenvalue weighted by Crippen LogP contribution is -2.04. The normalized spacial score (nSPS) is 8.40. The van der Waals surface area contributed by atoms with Crippen LogP contribution in [0.1, 0.15) is 24.2 Å². The van der Waals surface area contributed by atoms with Crippen molar-refractivity contribution in [1.82, 2.24) is 4.98 Å². The van der Waals surface area contributed by atoms with Crippen molar-refractivity contribution in [1.29, 1.82) is 0 Å². The van der Waals surface area contributed by atoms with Gasteiger partial charge in [0, 0.05) is 19.3 Å². The summed E-state index contributed by atoms with van der Waals surface area (Å²) in [6.45, 7) is 3.47. The fourth-order valence-electron chi connectivity index (χ4n) is 0.698. The molecule has 0 aromatic carbocycles. The summed E-state index contributed by atoms with van der Waals surface area (Å²) in [7, 11) is 0. The first kappa shape index (κ1) is 13.1. The van der Waals surface area contributed by atoms with Gasteiger partial charge in [0.25, 0.3) is 0 Å². The summed E-state index contributed by atoms with van der Waals surface area (Å²) in [5.41, 5.74) is 4.97. The number of carbonyl (C=O) groups excluding carboxylic acids is 2. The molecule has 1 aromatic heterocycles. The summed E-state index contributed by atoms with van der Waals surface area (Å²) < 4.78 is 4.75. The number of carbonyl (C=O) groups is 2. The van der Waals surface area contributed by atoms with Gasteiger partial charge in [-0.05, 0) is 19.1 Å². The van der Waals surface area contributed by atoms with Crippen molar-refractivity contribution < 1.29 is 14.3 Å². The van der Waals surface area contributed by atoms with E-state index in [9.17, 15) is 9.59 Å². The third-order valence-electron chi connectivity index (χ3n) is 1.17. The fraction of sp³-hybridized carbons (Fsp3) is 0.300. The molecule has 0 aliphatic rings. The van der Waals surface area contributed by atoms with Gasteiger partial charge >= 0.3 is 5.97 Å². The maximum atomic E-state index is 11.0. The minimum absolute atomic E-state index is 0.319. The Morgan fingerprint density at radius 1 is 1.53 bits per heavy atom. The highest BCUT2D eigenvalue weighted by Gasteiger charge is 2.03. The third kappa shape index (κ3) is 7.18. The summed E-state index contributed by atoms with van der Waals surface area (Å²) in [5.74, 6) is -0.652. The topological polar surface area (TPSA) is 82.3 Å². The maximum absolute atomic E-state index is 11.0. The number of ether oxygens (including phenoxy) is 1. The van der Waals surface area contributed by atoms with Crippen LogP contribution in [-0.4, -0.2) is 23.5 Å². The largest absolute Gasteiger partial charge is 0.462 e. The number of amides is 1. The minimum Gasteiger partial charge on any atom is -0.462 e. The highest BCUT2D eigenvalue weighted by molar-refractivity contribution is 5.88. The first-order chi connectivity index (χ1) is 7.07. The molecule has 0 saturated carbocycles. The molecule has 0 spiro atoms. The molecule has 1 heterocycles. The molecule has 15 heavy (non-hydrogen) atoms. The van der Waals surface area contributed by atoms with Gasteiger partial charge in [-0.1, -0.05) is 0 Å². The Kier molecular flexibility index (Phi) is 6.54. The van der Waals surface area contributed by atoms with Gasteiger partial charge in [0.15, 0.2) is 0 Å². The Morgan fingerprint density at radius 3 is 2.53 bits per heavy atom. The lowest BCUT2D eigenvalue weighted by molar-refractivity contribution is -0.115. The highest BCUT2D eigenvalue weighted by Crippen LogP contribution is 1.97. The zero-order chi connectivity index (χ0) is 11.7. The van der Waals surface area contributed by atoms with Gasteiger partial charge in [0.05, 0.1) is 12.2 Å². The zero-order valence-electron chi connectivity index (χ0n) is 8.77. The van der Waals surface area contributed by atoms with Crippen molar-refractivity contribution >= 4 is 11.9 Å². The third-order valence-corrected chi connectivity index (χ3v) is 1.17. The zero-order valence-corrected chi connectivity index (χ0v) is 8.77. The Labute approximate surface area is 88.3 Å². The van der Waals surface area contributed by atoms with Gasteiger partial charge in [-0.3, -0.25) is 9.78 Å². The summed E-state index contributed by atoms with van der Waals surface area (Å²) in [6, 6.07) is 3.37. The summed E-state index contributed by atoms with van der Waals surface area (Å²) >= 11 is 0. The molecule has 0 aliphatic heterocycles. The number of nitrogens with two attached hydrogens (primary N) is 1. The van der Waals surface area contributed by atoms with E-state index in [2.05, 4.69) is 10.7 Å². The maximum Gasteiger partial charge on any atom is 0.339 e. The summed E-state index contributed by atoms with van der Waals surface area (Å²) in [6.07, 6.45) is 3.10. The molecule has 0 fully saturated rings. The standard InChI is InChI=1S/C8H9NO2.C2H5NO/c1-2-11-8(10)7-4-3-5-9-6-7;1-2(3)4/h3-6H,2H2,1H3;1H3,(H2,3,4). The Hall–Kier alpha value is -1.91. The van der Waals surface area contributed by atoms with Crippen LogP contribution in [0.25, 0.3) is 0 Å². The molecule has 0 bridgehead atoms. The molecule has 0 saturated heterocycles. The van der Waals surface area contributed by atoms with Crippen LogP contribution in [0.4, 0.5) is 0 Å². The van der Waals surface area contributed by atoms with Crippen LogP contribution < -0.4 is 5.73 Å². The van der Waals surface area contributed by atoms with E-state index in [0.29, 0.717) is 12.2 Å². The average Bonchev–Trinajstić information content (AvgIpc) is 2.19. The Balaban J connectivity index is 0.000000423.